The number of nitrogens with two attached hydrogens (primary N) is 1. The molecule has 0 radical (unpaired) electrons. The zero-order valence-corrected chi connectivity index (χ0v) is 8.96. The minimum absolute atomic E-state index is 0.141. The third kappa shape index (κ3) is 4.07. The van der Waals surface area contributed by atoms with E-state index in [0.717, 1.165) is 38.9 Å². The molecule has 0 atom stereocenters. The van der Waals surface area contributed by atoms with E-state index in [1.165, 1.54) is 0 Å². The number of likely N-dealkylation sites (tertiary alicyclic amines) is 1. The van der Waals surface area contributed by atoms with Gasteiger partial charge in [-0.05, 0) is 19.3 Å². The van der Waals surface area contributed by atoms with Crippen molar-refractivity contribution in [2.75, 3.05) is 26.2 Å². The second-order valence-corrected chi connectivity index (χ2v) is 3.96. The van der Waals surface area contributed by atoms with Crippen molar-refractivity contribution in [1.82, 2.24) is 10.2 Å². The summed E-state index contributed by atoms with van der Waals surface area (Å²) in [7, 11) is 0. The van der Waals surface area contributed by atoms with Crippen LogP contribution in [0.5, 0.6) is 0 Å². The molecule has 1 heterocycles. The van der Waals surface area contributed by atoms with E-state index < -0.39 is 0 Å². The zero-order valence-electron chi connectivity index (χ0n) is 8.96. The molecule has 0 bridgehead atoms. The van der Waals surface area contributed by atoms with Gasteiger partial charge in [0.1, 0.15) is 0 Å². The fourth-order valence-electron chi connectivity index (χ4n) is 1.63. The first-order chi connectivity index (χ1) is 6.72. The van der Waals surface area contributed by atoms with E-state index in [-0.39, 0.29) is 5.91 Å². The topological polar surface area (TPSA) is 58.4 Å². The van der Waals surface area contributed by atoms with Crippen LogP contribution < -0.4 is 11.1 Å². The Bertz CT molecular complexity index is 176. The maximum atomic E-state index is 11.4. The fourth-order valence-corrected chi connectivity index (χ4v) is 1.63. The van der Waals surface area contributed by atoms with Gasteiger partial charge in [-0.25, -0.2) is 0 Å². The molecule has 82 valence electrons. The molecular formula is C10H21N3O. The van der Waals surface area contributed by atoms with Gasteiger partial charge in [0.05, 0.1) is 6.54 Å². The maximum absolute atomic E-state index is 11.4. The summed E-state index contributed by atoms with van der Waals surface area (Å²) in [5, 5.41) is 2.88. The van der Waals surface area contributed by atoms with Crippen LogP contribution in [0, 0.1) is 0 Å². The van der Waals surface area contributed by atoms with Crippen molar-refractivity contribution in [2.24, 2.45) is 5.73 Å². The van der Waals surface area contributed by atoms with Crippen molar-refractivity contribution >= 4 is 5.91 Å². The number of hydrogen-bond donors (Lipinski definition) is 2. The van der Waals surface area contributed by atoms with E-state index >= 15 is 0 Å². The fraction of sp³-hybridized carbons (Fsp3) is 0.900. The van der Waals surface area contributed by atoms with E-state index in [1.807, 2.05) is 0 Å². The van der Waals surface area contributed by atoms with Gasteiger partial charge < -0.3 is 11.1 Å². The third-order valence-corrected chi connectivity index (χ3v) is 2.57. The lowest BCUT2D eigenvalue weighted by Gasteiger charge is -2.29. The maximum Gasteiger partial charge on any atom is 0.234 e. The normalized spacial score (nSPS) is 19.6. The highest BCUT2D eigenvalue weighted by atomic mass is 16.2. The summed E-state index contributed by atoms with van der Waals surface area (Å²) in [4.78, 5) is 13.5. The molecule has 0 aromatic heterocycles. The van der Waals surface area contributed by atoms with Crippen molar-refractivity contribution in [1.29, 1.82) is 0 Å². The van der Waals surface area contributed by atoms with Crippen LogP contribution in [-0.2, 0) is 4.79 Å². The Balaban J connectivity index is 2.14. The van der Waals surface area contributed by atoms with Crippen molar-refractivity contribution < 1.29 is 4.79 Å². The smallest absolute Gasteiger partial charge is 0.234 e. The van der Waals surface area contributed by atoms with E-state index in [2.05, 4.69) is 17.1 Å². The number of piperidine rings is 1. The molecule has 3 N–H and O–H groups in total. The summed E-state index contributed by atoms with van der Waals surface area (Å²) in [6.07, 6.45) is 3.03. The van der Waals surface area contributed by atoms with E-state index in [9.17, 15) is 4.79 Å². The Morgan fingerprint density at radius 1 is 1.50 bits per heavy atom. The highest BCUT2D eigenvalue weighted by Crippen LogP contribution is 2.06. The average Bonchev–Trinajstić information content (AvgIpc) is 2.18. The van der Waals surface area contributed by atoms with Gasteiger partial charge in [-0.1, -0.05) is 6.92 Å². The SMILES string of the molecule is CCCNC(=O)CN1CCC(N)CC1. The summed E-state index contributed by atoms with van der Waals surface area (Å²) < 4.78 is 0. The summed E-state index contributed by atoms with van der Waals surface area (Å²) in [5.74, 6) is 0.141. The van der Waals surface area contributed by atoms with Crippen LogP contribution in [-0.4, -0.2) is 43.0 Å². The van der Waals surface area contributed by atoms with Crippen LogP contribution in [0.15, 0.2) is 0 Å². The van der Waals surface area contributed by atoms with Crippen LogP contribution in [0.25, 0.3) is 0 Å². The van der Waals surface area contributed by atoms with Crippen molar-refractivity contribution in [3.63, 3.8) is 0 Å². The number of hydrogen-bond acceptors (Lipinski definition) is 3. The molecule has 0 aliphatic carbocycles. The van der Waals surface area contributed by atoms with Gasteiger partial charge in [0.15, 0.2) is 0 Å². The number of rotatable bonds is 4. The zero-order chi connectivity index (χ0) is 10.4. The summed E-state index contributed by atoms with van der Waals surface area (Å²) in [6.45, 7) is 5.29. The average molecular weight is 199 g/mol. The van der Waals surface area contributed by atoms with E-state index in [4.69, 9.17) is 5.73 Å². The molecule has 1 aliphatic rings. The number of amides is 1. The highest BCUT2D eigenvalue weighted by Gasteiger charge is 2.17. The minimum atomic E-state index is 0.141. The molecule has 14 heavy (non-hydrogen) atoms. The van der Waals surface area contributed by atoms with Gasteiger partial charge >= 0.3 is 0 Å². The van der Waals surface area contributed by atoms with E-state index in [0.29, 0.717) is 12.6 Å². The van der Waals surface area contributed by atoms with E-state index in [1.54, 1.807) is 0 Å². The lowest BCUT2D eigenvalue weighted by atomic mass is 10.1. The molecule has 4 heteroatoms. The van der Waals surface area contributed by atoms with Crippen molar-refractivity contribution in [3.8, 4) is 0 Å². The first-order valence-corrected chi connectivity index (χ1v) is 5.47. The molecule has 1 amide bonds. The Kier molecular flexibility index (Phi) is 4.90. The van der Waals surface area contributed by atoms with Gasteiger partial charge in [-0.15, -0.1) is 0 Å². The molecule has 0 aromatic carbocycles. The molecule has 0 saturated carbocycles. The largest absolute Gasteiger partial charge is 0.355 e. The molecule has 1 rings (SSSR count). The molecule has 0 spiro atoms. The number of carbonyl (C=O) groups is 1. The van der Waals surface area contributed by atoms with Gasteiger partial charge in [-0.3, -0.25) is 9.69 Å². The number of nitrogens with one attached hydrogen (secondary N) is 1. The summed E-state index contributed by atoms with van der Waals surface area (Å²) in [5.41, 5.74) is 5.78. The standard InChI is InChI=1S/C10H21N3O/c1-2-5-12-10(14)8-13-6-3-9(11)4-7-13/h9H,2-8,11H2,1H3,(H,12,14). The second-order valence-electron chi connectivity index (χ2n) is 3.96. The van der Waals surface area contributed by atoms with Gasteiger partial charge in [0.25, 0.3) is 0 Å². The molecule has 4 nitrogen and oxygen atoms in total. The summed E-state index contributed by atoms with van der Waals surface area (Å²) >= 11 is 0. The quantitative estimate of drug-likeness (QED) is 0.666. The molecule has 1 fully saturated rings. The number of carbonyl (C=O) groups excluding carboxylic acids is 1. The summed E-state index contributed by atoms with van der Waals surface area (Å²) in [6, 6.07) is 0.338. The minimum Gasteiger partial charge on any atom is -0.355 e. The van der Waals surface area contributed by atoms with Crippen LogP contribution in [0.2, 0.25) is 0 Å². The van der Waals surface area contributed by atoms with Gasteiger partial charge in [0, 0.05) is 25.7 Å². The highest BCUT2D eigenvalue weighted by molar-refractivity contribution is 5.77. The molecule has 1 saturated heterocycles. The third-order valence-electron chi connectivity index (χ3n) is 2.57. The molecule has 1 aliphatic heterocycles. The van der Waals surface area contributed by atoms with Crippen LogP contribution in [0.1, 0.15) is 26.2 Å². The van der Waals surface area contributed by atoms with Crippen molar-refractivity contribution in [3.05, 3.63) is 0 Å². The molecule has 0 unspecified atom stereocenters. The Labute approximate surface area is 85.8 Å². The van der Waals surface area contributed by atoms with Gasteiger partial charge in [-0.2, -0.15) is 0 Å². The lowest BCUT2D eigenvalue weighted by molar-refractivity contribution is -0.122. The van der Waals surface area contributed by atoms with Crippen LogP contribution >= 0.6 is 0 Å². The van der Waals surface area contributed by atoms with Crippen molar-refractivity contribution in [2.45, 2.75) is 32.2 Å². The second kappa shape index (κ2) is 5.98. The van der Waals surface area contributed by atoms with Crippen LogP contribution in [0.3, 0.4) is 0 Å². The predicted molar refractivity (Wildman–Crippen MR) is 57.0 cm³/mol. The molecular weight excluding hydrogens is 178 g/mol. The Morgan fingerprint density at radius 2 is 2.14 bits per heavy atom. The monoisotopic (exact) mass is 199 g/mol. The lowest BCUT2D eigenvalue weighted by Crippen LogP contribution is -2.44. The predicted octanol–water partition coefficient (Wildman–Crippen LogP) is -0.0643. The first kappa shape index (κ1) is 11.5. The first-order valence-electron chi connectivity index (χ1n) is 5.47. The Hall–Kier alpha value is -0.610. The number of nitrogens with zero attached hydrogens (tertiary/aromatic N) is 1. The Morgan fingerprint density at radius 3 is 2.71 bits per heavy atom. The molecule has 0 aromatic rings. The van der Waals surface area contributed by atoms with Gasteiger partial charge in [0.2, 0.25) is 5.91 Å². The van der Waals surface area contributed by atoms with Crippen LogP contribution in [0.4, 0.5) is 0 Å².